The van der Waals surface area contributed by atoms with Gasteiger partial charge < -0.3 is 15.4 Å². The van der Waals surface area contributed by atoms with Gasteiger partial charge in [0.2, 0.25) is 0 Å². The van der Waals surface area contributed by atoms with Crippen molar-refractivity contribution in [1.29, 1.82) is 0 Å². The van der Waals surface area contributed by atoms with E-state index in [1.807, 2.05) is 31.2 Å². The average molecular weight is 290 g/mol. The molecule has 0 spiro atoms. The zero-order chi connectivity index (χ0) is 15.2. The van der Waals surface area contributed by atoms with Gasteiger partial charge in [0, 0.05) is 6.04 Å². The standard InChI is InChI=1S/C16H22N2O3/c1-11(12-7-9-14(21-2)10-8-12)17-15(19)16(20)18-13-5-3-4-6-13/h7-11,13H,3-6H2,1-2H3,(H,17,19)(H,18,20). The average Bonchev–Trinajstić information content (AvgIpc) is 3.00. The molecule has 1 aromatic rings. The molecule has 2 amide bonds. The van der Waals surface area contributed by atoms with Crippen molar-refractivity contribution in [2.75, 3.05) is 7.11 Å². The van der Waals surface area contributed by atoms with Gasteiger partial charge >= 0.3 is 11.8 Å². The van der Waals surface area contributed by atoms with E-state index >= 15 is 0 Å². The molecule has 0 heterocycles. The summed E-state index contributed by atoms with van der Waals surface area (Å²) in [6.07, 6.45) is 4.17. The van der Waals surface area contributed by atoms with E-state index in [1.54, 1.807) is 7.11 Å². The number of hydrogen-bond acceptors (Lipinski definition) is 3. The first-order chi connectivity index (χ1) is 10.1. The molecule has 0 saturated heterocycles. The topological polar surface area (TPSA) is 67.4 Å². The number of rotatable bonds is 4. The summed E-state index contributed by atoms with van der Waals surface area (Å²) < 4.78 is 5.09. The summed E-state index contributed by atoms with van der Waals surface area (Å²) in [7, 11) is 1.60. The van der Waals surface area contributed by atoms with Gasteiger partial charge in [0.05, 0.1) is 13.2 Å². The lowest BCUT2D eigenvalue weighted by molar-refractivity contribution is -0.140. The smallest absolute Gasteiger partial charge is 0.309 e. The summed E-state index contributed by atoms with van der Waals surface area (Å²) in [6.45, 7) is 1.85. The number of methoxy groups -OCH3 is 1. The third-order valence-electron chi connectivity index (χ3n) is 3.86. The minimum absolute atomic E-state index is 0.152. The van der Waals surface area contributed by atoms with Crippen LogP contribution in [0.1, 0.15) is 44.2 Å². The van der Waals surface area contributed by atoms with Gasteiger partial charge in [0.25, 0.3) is 0 Å². The van der Waals surface area contributed by atoms with Crippen LogP contribution < -0.4 is 15.4 Å². The van der Waals surface area contributed by atoms with Crippen molar-refractivity contribution in [3.63, 3.8) is 0 Å². The summed E-state index contributed by atoms with van der Waals surface area (Å²) in [4.78, 5) is 23.7. The molecule has 5 heteroatoms. The van der Waals surface area contributed by atoms with E-state index in [0.29, 0.717) is 0 Å². The summed E-state index contributed by atoms with van der Waals surface area (Å²) >= 11 is 0. The Hall–Kier alpha value is -2.04. The number of carbonyl (C=O) groups excluding carboxylic acids is 2. The summed E-state index contributed by atoms with van der Waals surface area (Å²) in [6, 6.07) is 7.34. The number of ether oxygens (including phenoxy) is 1. The molecule has 114 valence electrons. The molecule has 2 N–H and O–H groups in total. The maximum absolute atomic E-state index is 11.9. The molecule has 0 aliphatic heterocycles. The molecule has 1 fully saturated rings. The lowest BCUT2D eigenvalue weighted by Gasteiger charge is -2.16. The van der Waals surface area contributed by atoms with Gasteiger partial charge in [-0.1, -0.05) is 25.0 Å². The predicted octanol–water partition coefficient (Wildman–Crippen LogP) is 1.93. The largest absolute Gasteiger partial charge is 0.497 e. The first kappa shape index (κ1) is 15.4. The van der Waals surface area contributed by atoms with E-state index in [-0.39, 0.29) is 12.1 Å². The van der Waals surface area contributed by atoms with Crippen molar-refractivity contribution >= 4 is 11.8 Å². The Labute approximate surface area is 125 Å². The lowest BCUT2D eigenvalue weighted by Crippen LogP contribution is -2.44. The monoisotopic (exact) mass is 290 g/mol. The van der Waals surface area contributed by atoms with E-state index in [1.165, 1.54) is 0 Å². The Kier molecular flexibility index (Phi) is 5.20. The van der Waals surface area contributed by atoms with Crippen LogP contribution in [0.4, 0.5) is 0 Å². The van der Waals surface area contributed by atoms with Crippen LogP contribution in [0.3, 0.4) is 0 Å². The number of nitrogens with one attached hydrogen (secondary N) is 2. The van der Waals surface area contributed by atoms with Crippen molar-refractivity contribution in [2.24, 2.45) is 0 Å². The predicted molar refractivity (Wildman–Crippen MR) is 80.0 cm³/mol. The second-order valence-corrected chi connectivity index (χ2v) is 5.42. The molecule has 1 unspecified atom stereocenters. The van der Waals surface area contributed by atoms with Gasteiger partial charge in [-0.25, -0.2) is 0 Å². The van der Waals surface area contributed by atoms with Crippen LogP contribution in [-0.2, 0) is 9.59 Å². The lowest BCUT2D eigenvalue weighted by atomic mass is 10.1. The molecule has 21 heavy (non-hydrogen) atoms. The van der Waals surface area contributed by atoms with Crippen LogP contribution in [0.15, 0.2) is 24.3 Å². The number of amides is 2. The zero-order valence-corrected chi connectivity index (χ0v) is 12.5. The van der Waals surface area contributed by atoms with Gasteiger partial charge in [-0.2, -0.15) is 0 Å². The van der Waals surface area contributed by atoms with Gasteiger partial charge in [-0.05, 0) is 37.5 Å². The minimum Gasteiger partial charge on any atom is -0.497 e. The highest BCUT2D eigenvalue weighted by atomic mass is 16.5. The first-order valence-electron chi connectivity index (χ1n) is 7.35. The minimum atomic E-state index is -0.579. The van der Waals surface area contributed by atoms with Gasteiger partial charge in [0.1, 0.15) is 5.75 Å². The molecular formula is C16H22N2O3. The number of carbonyl (C=O) groups is 2. The molecule has 2 rings (SSSR count). The highest BCUT2D eigenvalue weighted by Gasteiger charge is 2.22. The quantitative estimate of drug-likeness (QED) is 0.833. The third kappa shape index (κ3) is 4.21. The Balaban J connectivity index is 1.86. The van der Waals surface area contributed by atoms with Crippen LogP contribution in [0.2, 0.25) is 0 Å². The Morgan fingerprint density at radius 1 is 1.14 bits per heavy atom. The Bertz CT molecular complexity index is 493. The maximum Gasteiger partial charge on any atom is 0.309 e. The van der Waals surface area contributed by atoms with Gasteiger partial charge in [-0.3, -0.25) is 9.59 Å². The van der Waals surface area contributed by atoms with Crippen molar-refractivity contribution in [2.45, 2.75) is 44.7 Å². The van der Waals surface area contributed by atoms with E-state index in [0.717, 1.165) is 37.0 Å². The highest BCUT2D eigenvalue weighted by Crippen LogP contribution is 2.18. The fraction of sp³-hybridized carbons (Fsp3) is 0.500. The summed E-state index contributed by atoms with van der Waals surface area (Å²) in [5.41, 5.74) is 0.929. The maximum atomic E-state index is 11.9. The fourth-order valence-electron chi connectivity index (χ4n) is 2.56. The Morgan fingerprint density at radius 3 is 2.33 bits per heavy atom. The van der Waals surface area contributed by atoms with E-state index < -0.39 is 11.8 Å². The molecule has 1 atom stereocenters. The number of hydrogen-bond donors (Lipinski definition) is 2. The van der Waals surface area contributed by atoms with Crippen molar-refractivity contribution < 1.29 is 14.3 Å². The normalized spacial score (nSPS) is 16.3. The molecule has 1 aromatic carbocycles. The molecule has 0 aromatic heterocycles. The van der Waals surface area contributed by atoms with E-state index in [2.05, 4.69) is 10.6 Å². The van der Waals surface area contributed by atoms with Crippen LogP contribution in [-0.4, -0.2) is 25.0 Å². The van der Waals surface area contributed by atoms with Crippen molar-refractivity contribution in [3.8, 4) is 5.75 Å². The molecular weight excluding hydrogens is 268 g/mol. The van der Waals surface area contributed by atoms with Gasteiger partial charge in [-0.15, -0.1) is 0 Å². The van der Waals surface area contributed by atoms with Crippen LogP contribution in [0.5, 0.6) is 5.75 Å². The molecule has 0 bridgehead atoms. The van der Waals surface area contributed by atoms with Crippen LogP contribution in [0, 0.1) is 0 Å². The second-order valence-electron chi connectivity index (χ2n) is 5.42. The van der Waals surface area contributed by atoms with E-state index in [9.17, 15) is 9.59 Å². The number of benzene rings is 1. The Morgan fingerprint density at radius 2 is 1.76 bits per heavy atom. The fourth-order valence-corrected chi connectivity index (χ4v) is 2.56. The zero-order valence-electron chi connectivity index (χ0n) is 12.5. The summed E-state index contributed by atoms with van der Waals surface area (Å²) in [5, 5.41) is 5.50. The second kappa shape index (κ2) is 7.11. The van der Waals surface area contributed by atoms with Crippen LogP contribution >= 0.6 is 0 Å². The highest BCUT2D eigenvalue weighted by molar-refractivity contribution is 6.35. The molecule has 1 aliphatic carbocycles. The van der Waals surface area contributed by atoms with Crippen molar-refractivity contribution in [3.05, 3.63) is 29.8 Å². The summed E-state index contributed by atoms with van der Waals surface area (Å²) in [5.74, 6) is -0.358. The molecule has 1 aliphatic rings. The SMILES string of the molecule is COc1ccc(C(C)NC(=O)C(=O)NC2CCCC2)cc1. The molecule has 0 radical (unpaired) electrons. The molecule has 5 nitrogen and oxygen atoms in total. The van der Waals surface area contributed by atoms with E-state index in [4.69, 9.17) is 4.74 Å². The first-order valence-corrected chi connectivity index (χ1v) is 7.35. The third-order valence-corrected chi connectivity index (χ3v) is 3.86. The van der Waals surface area contributed by atoms with Crippen LogP contribution in [0.25, 0.3) is 0 Å². The van der Waals surface area contributed by atoms with Crippen molar-refractivity contribution in [1.82, 2.24) is 10.6 Å². The molecule has 1 saturated carbocycles. The van der Waals surface area contributed by atoms with Gasteiger partial charge in [0.15, 0.2) is 0 Å².